The average Bonchev–Trinajstić information content (AvgIpc) is 3.05. The van der Waals surface area contributed by atoms with Crippen molar-refractivity contribution < 1.29 is 8.73 Å². The third-order valence-electron chi connectivity index (χ3n) is 5.43. The van der Waals surface area contributed by atoms with Crippen LogP contribution in [0.15, 0.2) is 85.2 Å². The van der Waals surface area contributed by atoms with Crippen LogP contribution in [0.25, 0.3) is 32.6 Å². The van der Waals surface area contributed by atoms with Gasteiger partial charge in [0.25, 0.3) is 0 Å². The molecule has 0 bridgehead atoms. The van der Waals surface area contributed by atoms with E-state index in [-0.39, 0.29) is 0 Å². The maximum absolute atomic E-state index is 3.71. The standard InChI is InChI=1S/C23H18N3P/c1-25-14-4-2-12-20(25)16-8-6-10-18-22(16)27-23-17(9-7-11-19(23)24-18)21-13-3-5-15-26(21)27/h2-15,24H,1H3/q+2. The Hall–Kier alpha value is -3.16. The summed E-state index contributed by atoms with van der Waals surface area (Å²) in [6.45, 7) is 0. The molecule has 0 aliphatic carbocycles. The van der Waals surface area contributed by atoms with Crippen molar-refractivity contribution in [1.82, 2.24) is 0 Å². The second kappa shape index (κ2) is 5.42. The molecule has 0 radical (unpaired) electrons. The minimum atomic E-state index is -0.640. The van der Waals surface area contributed by atoms with Crippen molar-refractivity contribution in [3.63, 3.8) is 0 Å². The summed E-state index contributed by atoms with van der Waals surface area (Å²) in [6.07, 6.45) is 4.36. The van der Waals surface area contributed by atoms with E-state index in [2.05, 4.69) is 106 Å². The molecule has 1 atom stereocenters. The molecule has 128 valence electrons. The van der Waals surface area contributed by atoms with E-state index in [1.54, 1.807) is 0 Å². The third kappa shape index (κ3) is 1.98. The summed E-state index contributed by atoms with van der Waals surface area (Å²) in [5.74, 6) is 0. The van der Waals surface area contributed by atoms with Crippen molar-refractivity contribution in [2.24, 2.45) is 7.05 Å². The van der Waals surface area contributed by atoms with Crippen LogP contribution in [-0.2, 0) is 7.05 Å². The quantitative estimate of drug-likeness (QED) is 0.401. The first-order valence-electron chi connectivity index (χ1n) is 9.12. The molecular formula is C23H18N3P+2. The van der Waals surface area contributed by atoms with Gasteiger partial charge in [0.1, 0.15) is 7.05 Å². The fourth-order valence-electron chi connectivity index (χ4n) is 4.26. The molecule has 4 heterocycles. The van der Waals surface area contributed by atoms with Gasteiger partial charge in [-0.1, -0.05) is 12.1 Å². The van der Waals surface area contributed by atoms with Crippen molar-refractivity contribution in [3.8, 4) is 16.6 Å². The number of hydrogen-bond acceptors (Lipinski definition) is 1. The van der Waals surface area contributed by atoms with Crippen LogP contribution >= 0.6 is 7.69 Å². The molecule has 6 rings (SSSR count). The molecule has 1 N–H and O–H groups in total. The van der Waals surface area contributed by atoms with E-state index in [9.17, 15) is 0 Å². The highest BCUT2D eigenvalue weighted by Gasteiger charge is 2.33. The van der Waals surface area contributed by atoms with Gasteiger partial charge in [0.2, 0.25) is 11.2 Å². The molecule has 0 amide bonds. The lowest BCUT2D eigenvalue weighted by molar-refractivity contribution is -0.660. The summed E-state index contributed by atoms with van der Waals surface area (Å²) < 4.78 is 4.69. The Bertz CT molecular complexity index is 1370. The van der Waals surface area contributed by atoms with Crippen LogP contribution in [0.3, 0.4) is 0 Å². The molecule has 27 heavy (non-hydrogen) atoms. The minimum Gasteiger partial charge on any atom is -0.354 e. The van der Waals surface area contributed by atoms with Gasteiger partial charge in [-0.05, 0) is 36.4 Å². The van der Waals surface area contributed by atoms with Crippen LogP contribution in [0.2, 0.25) is 0 Å². The van der Waals surface area contributed by atoms with Gasteiger partial charge in [-0.2, -0.15) is 4.16 Å². The topological polar surface area (TPSA) is 20.0 Å². The summed E-state index contributed by atoms with van der Waals surface area (Å²) in [4.78, 5) is 0. The van der Waals surface area contributed by atoms with Gasteiger partial charge >= 0.3 is 0 Å². The minimum absolute atomic E-state index is 0.640. The normalized spacial score (nSPS) is 12.9. The molecule has 3 nitrogen and oxygen atoms in total. The monoisotopic (exact) mass is 367 g/mol. The van der Waals surface area contributed by atoms with Crippen molar-refractivity contribution in [3.05, 3.63) is 85.2 Å². The van der Waals surface area contributed by atoms with Gasteiger partial charge in [0.05, 0.1) is 32.7 Å². The predicted octanol–water partition coefficient (Wildman–Crippen LogP) is 5.10. The SMILES string of the molecule is C[n+]1ccccc1-c1cccc2c1-p1c3c(cccc3c3cccc[n+]31)N2. The second-order valence-electron chi connectivity index (χ2n) is 6.97. The Balaban J connectivity index is 1.83. The summed E-state index contributed by atoms with van der Waals surface area (Å²) in [5.41, 5.74) is 6.31. The van der Waals surface area contributed by atoms with Gasteiger partial charge in [-0.25, -0.2) is 4.57 Å². The van der Waals surface area contributed by atoms with E-state index < -0.39 is 7.69 Å². The van der Waals surface area contributed by atoms with Gasteiger partial charge in [-0.15, -0.1) is 0 Å². The van der Waals surface area contributed by atoms with E-state index >= 15 is 0 Å². The lowest BCUT2D eigenvalue weighted by atomic mass is 10.1. The van der Waals surface area contributed by atoms with E-state index in [1.165, 1.54) is 44.0 Å². The number of benzene rings is 2. The second-order valence-corrected chi connectivity index (χ2v) is 8.92. The first-order chi connectivity index (χ1) is 13.3. The number of hydrogen-bond donors (Lipinski definition) is 1. The Morgan fingerprint density at radius 3 is 2.52 bits per heavy atom. The van der Waals surface area contributed by atoms with Gasteiger partial charge in [0.15, 0.2) is 20.1 Å². The number of anilines is 2. The first-order valence-corrected chi connectivity index (χ1v) is 10.4. The number of rotatable bonds is 1. The Morgan fingerprint density at radius 1 is 0.778 bits per heavy atom. The van der Waals surface area contributed by atoms with Gasteiger partial charge in [0, 0.05) is 24.3 Å². The zero-order valence-electron chi connectivity index (χ0n) is 14.9. The third-order valence-corrected chi connectivity index (χ3v) is 8.02. The average molecular weight is 367 g/mol. The molecule has 4 heteroatoms. The summed E-state index contributed by atoms with van der Waals surface area (Å²) in [7, 11) is 1.48. The van der Waals surface area contributed by atoms with Gasteiger partial charge < -0.3 is 5.32 Å². The van der Waals surface area contributed by atoms with Crippen LogP contribution in [-0.4, -0.2) is 0 Å². The maximum atomic E-state index is 3.71. The Kier molecular flexibility index (Phi) is 3.00. The first kappa shape index (κ1) is 15.0. The van der Waals surface area contributed by atoms with Crippen LogP contribution in [0, 0.1) is 0 Å². The highest BCUT2D eigenvalue weighted by molar-refractivity contribution is 7.57. The Morgan fingerprint density at radius 2 is 1.59 bits per heavy atom. The molecule has 0 spiro atoms. The molecule has 1 aliphatic heterocycles. The molecule has 3 aromatic heterocycles. The molecule has 1 unspecified atom stereocenters. The van der Waals surface area contributed by atoms with Crippen molar-refractivity contribution in [2.45, 2.75) is 0 Å². The van der Waals surface area contributed by atoms with Crippen molar-refractivity contribution in [1.29, 1.82) is 0 Å². The highest BCUT2D eigenvalue weighted by Crippen LogP contribution is 2.57. The molecule has 1 aliphatic rings. The van der Waals surface area contributed by atoms with E-state index in [4.69, 9.17) is 0 Å². The number of fused-ring (bicyclic) bond motifs is 5. The summed E-state index contributed by atoms with van der Waals surface area (Å²) in [6, 6.07) is 26.2. The predicted molar refractivity (Wildman–Crippen MR) is 111 cm³/mol. The molecule has 0 saturated carbocycles. The van der Waals surface area contributed by atoms with Crippen LogP contribution in [0.1, 0.15) is 0 Å². The van der Waals surface area contributed by atoms with Gasteiger partial charge in [-0.3, -0.25) is 0 Å². The molecule has 0 saturated heterocycles. The number of aromatic nitrogens is 2. The van der Waals surface area contributed by atoms with Crippen LogP contribution < -0.4 is 14.0 Å². The molecule has 2 aromatic carbocycles. The number of aryl methyl sites for hydroxylation is 1. The molecule has 0 fully saturated rings. The Labute approximate surface area is 158 Å². The van der Waals surface area contributed by atoms with Crippen molar-refractivity contribution >= 4 is 35.1 Å². The zero-order chi connectivity index (χ0) is 18.0. The van der Waals surface area contributed by atoms with E-state index in [1.807, 2.05) is 0 Å². The molecule has 5 aromatic rings. The van der Waals surface area contributed by atoms with Crippen LogP contribution in [0.5, 0.6) is 0 Å². The fourth-order valence-corrected chi connectivity index (χ4v) is 7.06. The van der Waals surface area contributed by atoms with E-state index in [0.717, 1.165) is 0 Å². The zero-order valence-corrected chi connectivity index (χ0v) is 15.8. The highest BCUT2D eigenvalue weighted by atomic mass is 31.1. The number of nitrogens with one attached hydrogen (secondary N) is 1. The smallest absolute Gasteiger partial charge is 0.220 e. The maximum Gasteiger partial charge on any atom is 0.220 e. The van der Waals surface area contributed by atoms with Crippen LogP contribution in [0.4, 0.5) is 11.4 Å². The molecular weight excluding hydrogens is 349 g/mol. The lowest BCUT2D eigenvalue weighted by Crippen LogP contribution is -2.30. The largest absolute Gasteiger partial charge is 0.354 e. The number of pyridine rings is 2. The van der Waals surface area contributed by atoms with Crippen molar-refractivity contribution in [2.75, 3.05) is 5.32 Å². The summed E-state index contributed by atoms with van der Waals surface area (Å²) >= 11 is 0. The van der Waals surface area contributed by atoms with E-state index in [0.29, 0.717) is 0 Å². The number of nitrogens with zero attached hydrogens (tertiary/aromatic N) is 2. The lowest BCUT2D eigenvalue weighted by Gasteiger charge is -2.18. The fraction of sp³-hybridized carbons (Fsp3) is 0.0435. The summed E-state index contributed by atoms with van der Waals surface area (Å²) in [5, 5.41) is 7.91.